The first-order chi connectivity index (χ1) is 8.56. The molecule has 94 valence electrons. The van der Waals surface area contributed by atoms with Gasteiger partial charge in [-0.3, -0.25) is 0 Å². The Morgan fingerprint density at radius 2 is 1.83 bits per heavy atom. The number of benzene rings is 1. The fourth-order valence-corrected chi connectivity index (χ4v) is 1.86. The van der Waals surface area contributed by atoms with Crippen molar-refractivity contribution < 1.29 is 4.74 Å². The molecule has 0 saturated heterocycles. The molecule has 0 unspecified atom stereocenters. The number of hydrogen-bond acceptors (Lipinski definition) is 3. The quantitative estimate of drug-likeness (QED) is 0.854. The van der Waals surface area contributed by atoms with E-state index >= 15 is 0 Å². The Morgan fingerprint density at radius 1 is 1.11 bits per heavy atom. The summed E-state index contributed by atoms with van der Waals surface area (Å²) in [6.07, 6.45) is 0. The van der Waals surface area contributed by atoms with Gasteiger partial charge in [0.15, 0.2) is 5.15 Å². The SMILES string of the molecule is Cc1nc(Cl)c(OCc2cccc(Cl)c2)nc1C. The summed E-state index contributed by atoms with van der Waals surface area (Å²) >= 11 is 11.9. The summed E-state index contributed by atoms with van der Waals surface area (Å²) < 4.78 is 5.55. The van der Waals surface area contributed by atoms with Gasteiger partial charge in [-0.2, -0.15) is 0 Å². The van der Waals surface area contributed by atoms with Gasteiger partial charge in [0.25, 0.3) is 5.88 Å². The van der Waals surface area contributed by atoms with Gasteiger partial charge in [-0.05, 0) is 31.5 Å². The molecule has 0 N–H and O–H groups in total. The van der Waals surface area contributed by atoms with E-state index in [0.29, 0.717) is 17.5 Å². The molecule has 1 aromatic heterocycles. The lowest BCUT2D eigenvalue weighted by molar-refractivity contribution is 0.292. The van der Waals surface area contributed by atoms with Gasteiger partial charge in [-0.25, -0.2) is 9.97 Å². The standard InChI is InChI=1S/C13H12Cl2N2O/c1-8-9(2)17-13(12(15)16-8)18-7-10-4-3-5-11(14)6-10/h3-6H,7H2,1-2H3. The van der Waals surface area contributed by atoms with Crippen LogP contribution in [0.4, 0.5) is 0 Å². The third-order valence-electron chi connectivity index (χ3n) is 2.50. The summed E-state index contributed by atoms with van der Waals surface area (Å²) in [5.74, 6) is 0.347. The van der Waals surface area contributed by atoms with Crippen molar-refractivity contribution in [1.29, 1.82) is 0 Å². The molecule has 2 aromatic rings. The average Bonchev–Trinajstić information content (AvgIpc) is 2.32. The van der Waals surface area contributed by atoms with Gasteiger partial charge < -0.3 is 4.74 Å². The third-order valence-corrected chi connectivity index (χ3v) is 2.98. The number of aromatic nitrogens is 2. The van der Waals surface area contributed by atoms with E-state index in [0.717, 1.165) is 17.0 Å². The number of nitrogens with zero attached hydrogens (tertiary/aromatic N) is 2. The van der Waals surface area contributed by atoms with Crippen molar-refractivity contribution in [2.24, 2.45) is 0 Å². The molecule has 0 amide bonds. The number of rotatable bonds is 3. The van der Waals surface area contributed by atoms with E-state index in [1.165, 1.54) is 0 Å². The Balaban J connectivity index is 2.13. The molecule has 18 heavy (non-hydrogen) atoms. The van der Waals surface area contributed by atoms with Gasteiger partial charge in [0, 0.05) is 5.02 Å². The molecule has 0 bridgehead atoms. The summed E-state index contributed by atoms with van der Waals surface area (Å²) in [6.45, 7) is 4.08. The molecule has 0 atom stereocenters. The highest BCUT2D eigenvalue weighted by Gasteiger charge is 2.08. The van der Waals surface area contributed by atoms with E-state index < -0.39 is 0 Å². The number of hydrogen-bond donors (Lipinski definition) is 0. The highest BCUT2D eigenvalue weighted by atomic mass is 35.5. The van der Waals surface area contributed by atoms with Crippen LogP contribution in [-0.2, 0) is 6.61 Å². The predicted octanol–water partition coefficient (Wildman–Crippen LogP) is 3.98. The highest BCUT2D eigenvalue weighted by molar-refractivity contribution is 6.30. The lowest BCUT2D eigenvalue weighted by Crippen LogP contribution is -2.02. The van der Waals surface area contributed by atoms with Gasteiger partial charge in [0.05, 0.1) is 11.4 Å². The van der Waals surface area contributed by atoms with E-state index in [9.17, 15) is 0 Å². The molecular formula is C13H12Cl2N2O. The number of ether oxygens (including phenoxy) is 1. The topological polar surface area (TPSA) is 35.0 Å². The van der Waals surface area contributed by atoms with Crippen molar-refractivity contribution in [1.82, 2.24) is 9.97 Å². The second kappa shape index (κ2) is 5.55. The van der Waals surface area contributed by atoms with E-state index in [-0.39, 0.29) is 5.15 Å². The van der Waals surface area contributed by atoms with Gasteiger partial charge in [0.1, 0.15) is 6.61 Å². The van der Waals surface area contributed by atoms with Crippen LogP contribution in [-0.4, -0.2) is 9.97 Å². The lowest BCUT2D eigenvalue weighted by Gasteiger charge is -2.08. The molecule has 0 aliphatic heterocycles. The van der Waals surface area contributed by atoms with Crippen LogP contribution in [0.25, 0.3) is 0 Å². The highest BCUT2D eigenvalue weighted by Crippen LogP contribution is 2.22. The lowest BCUT2D eigenvalue weighted by atomic mass is 10.2. The predicted molar refractivity (Wildman–Crippen MR) is 72.3 cm³/mol. The van der Waals surface area contributed by atoms with Crippen LogP contribution in [0.3, 0.4) is 0 Å². The van der Waals surface area contributed by atoms with Crippen LogP contribution in [0.1, 0.15) is 17.0 Å². The Labute approximate surface area is 116 Å². The van der Waals surface area contributed by atoms with Crippen molar-refractivity contribution in [3.8, 4) is 5.88 Å². The third kappa shape index (κ3) is 3.12. The maximum atomic E-state index is 5.97. The molecule has 0 fully saturated rings. The first kappa shape index (κ1) is 13.1. The average molecular weight is 283 g/mol. The van der Waals surface area contributed by atoms with Gasteiger partial charge >= 0.3 is 0 Å². The molecular weight excluding hydrogens is 271 g/mol. The van der Waals surface area contributed by atoms with Crippen LogP contribution in [0.2, 0.25) is 10.2 Å². The van der Waals surface area contributed by atoms with Crippen LogP contribution in [0, 0.1) is 13.8 Å². The largest absolute Gasteiger partial charge is 0.471 e. The first-order valence-electron chi connectivity index (χ1n) is 5.44. The fourth-order valence-electron chi connectivity index (χ4n) is 1.43. The Hall–Kier alpha value is -1.32. The zero-order valence-electron chi connectivity index (χ0n) is 10.1. The second-order valence-corrected chi connectivity index (χ2v) is 4.70. The summed E-state index contributed by atoms with van der Waals surface area (Å²) in [5, 5.41) is 0.952. The second-order valence-electron chi connectivity index (χ2n) is 3.91. The monoisotopic (exact) mass is 282 g/mol. The van der Waals surface area contributed by atoms with E-state index in [2.05, 4.69) is 9.97 Å². The molecule has 0 aliphatic carbocycles. The van der Waals surface area contributed by atoms with Gasteiger partial charge in [-0.1, -0.05) is 35.3 Å². The van der Waals surface area contributed by atoms with Crippen molar-refractivity contribution in [2.45, 2.75) is 20.5 Å². The van der Waals surface area contributed by atoms with Crippen LogP contribution < -0.4 is 4.74 Å². The molecule has 0 saturated carbocycles. The molecule has 1 aromatic carbocycles. The molecule has 0 radical (unpaired) electrons. The molecule has 0 aliphatic rings. The molecule has 0 spiro atoms. The van der Waals surface area contributed by atoms with Gasteiger partial charge in [0.2, 0.25) is 0 Å². The Kier molecular flexibility index (Phi) is 4.04. The minimum Gasteiger partial charge on any atom is -0.471 e. The van der Waals surface area contributed by atoms with E-state index in [1.54, 1.807) is 0 Å². The van der Waals surface area contributed by atoms with Crippen LogP contribution in [0.15, 0.2) is 24.3 Å². The maximum absolute atomic E-state index is 5.97. The van der Waals surface area contributed by atoms with Crippen LogP contribution >= 0.6 is 23.2 Å². The summed E-state index contributed by atoms with van der Waals surface area (Å²) in [4.78, 5) is 8.41. The van der Waals surface area contributed by atoms with E-state index in [4.69, 9.17) is 27.9 Å². The zero-order valence-corrected chi connectivity index (χ0v) is 11.6. The number of aryl methyl sites for hydroxylation is 2. The van der Waals surface area contributed by atoms with Crippen molar-refractivity contribution in [3.63, 3.8) is 0 Å². The summed E-state index contributed by atoms with van der Waals surface area (Å²) in [7, 11) is 0. The summed E-state index contributed by atoms with van der Waals surface area (Å²) in [6, 6.07) is 7.45. The maximum Gasteiger partial charge on any atom is 0.252 e. The Bertz CT molecular complexity index is 573. The van der Waals surface area contributed by atoms with Crippen molar-refractivity contribution in [3.05, 3.63) is 51.4 Å². The Morgan fingerprint density at radius 3 is 2.56 bits per heavy atom. The molecule has 1 heterocycles. The van der Waals surface area contributed by atoms with Gasteiger partial charge in [-0.15, -0.1) is 0 Å². The zero-order chi connectivity index (χ0) is 13.1. The minimum absolute atomic E-state index is 0.278. The van der Waals surface area contributed by atoms with Crippen molar-refractivity contribution >= 4 is 23.2 Å². The first-order valence-corrected chi connectivity index (χ1v) is 6.20. The van der Waals surface area contributed by atoms with Crippen molar-refractivity contribution in [2.75, 3.05) is 0 Å². The smallest absolute Gasteiger partial charge is 0.252 e. The molecule has 3 nitrogen and oxygen atoms in total. The van der Waals surface area contributed by atoms with E-state index in [1.807, 2.05) is 38.1 Å². The fraction of sp³-hybridized carbons (Fsp3) is 0.231. The summed E-state index contributed by atoms with van der Waals surface area (Å²) in [5.41, 5.74) is 2.56. The normalized spacial score (nSPS) is 10.4. The van der Waals surface area contributed by atoms with Crippen LogP contribution in [0.5, 0.6) is 5.88 Å². The number of halogens is 2. The molecule has 2 rings (SSSR count). The molecule has 5 heteroatoms. The minimum atomic E-state index is 0.278.